The van der Waals surface area contributed by atoms with Crippen molar-refractivity contribution in [2.24, 2.45) is 10.9 Å². The first kappa shape index (κ1) is 8.53. The lowest BCUT2D eigenvalue weighted by molar-refractivity contribution is 0.880. The third kappa shape index (κ3) is 1.50. The second-order valence-corrected chi connectivity index (χ2v) is 3.81. The standard InChI is InChI=1S/C12H13N3/c1-2-6-11-10(5-1)14-8-9-4-3-7-13-12(9)15-11/h1-6,9,14H,7-8H2,(H,13,15). The van der Waals surface area contributed by atoms with E-state index in [1.807, 2.05) is 12.1 Å². The van der Waals surface area contributed by atoms with E-state index in [1.54, 1.807) is 0 Å². The summed E-state index contributed by atoms with van der Waals surface area (Å²) in [5, 5.41) is 6.83. The van der Waals surface area contributed by atoms with Gasteiger partial charge in [-0.25, -0.2) is 0 Å². The number of anilines is 2. The number of fused-ring (bicyclic) bond motifs is 2. The first-order valence-corrected chi connectivity index (χ1v) is 5.24. The van der Waals surface area contributed by atoms with Gasteiger partial charge in [0, 0.05) is 6.54 Å². The summed E-state index contributed by atoms with van der Waals surface area (Å²) in [6.07, 6.45) is 4.34. The number of dihydropyridines is 1. The van der Waals surface area contributed by atoms with Gasteiger partial charge in [0.25, 0.3) is 0 Å². The van der Waals surface area contributed by atoms with Crippen LogP contribution >= 0.6 is 0 Å². The van der Waals surface area contributed by atoms with Gasteiger partial charge in [-0.2, -0.15) is 0 Å². The first-order chi connectivity index (χ1) is 7.43. The van der Waals surface area contributed by atoms with Crippen LogP contribution in [0.15, 0.2) is 41.4 Å². The first-order valence-electron chi connectivity index (χ1n) is 5.24. The van der Waals surface area contributed by atoms with Gasteiger partial charge in [-0.05, 0) is 12.1 Å². The van der Waals surface area contributed by atoms with Crippen LogP contribution < -0.4 is 10.6 Å². The van der Waals surface area contributed by atoms with E-state index in [2.05, 4.69) is 39.9 Å². The fourth-order valence-corrected chi connectivity index (χ4v) is 1.99. The molecule has 2 aliphatic rings. The van der Waals surface area contributed by atoms with Crippen molar-refractivity contribution in [2.75, 3.05) is 23.7 Å². The lowest BCUT2D eigenvalue weighted by atomic mass is 10.1. The van der Waals surface area contributed by atoms with Gasteiger partial charge >= 0.3 is 0 Å². The predicted molar refractivity (Wildman–Crippen MR) is 63.5 cm³/mol. The smallest absolute Gasteiger partial charge is 0.110 e. The van der Waals surface area contributed by atoms with Gasteiger partial charge in [-0.15, -0.1) is 0 Å². The molecule has 76 valence electrons. The molecule has 1 atom stereocenters. The van der Waals surface area contributed by atoms with Gasteiger partial charge in [0.1, 0.15) is 5.84 Å². The van der Waals surface area contributed by atoms with Crippen LogP contribution in [0.3, 0.4) is 0 Å². The van der Waals surface area contributed by atoms with E-state index in [9.17, 15) is 0 Å². The molecule has 2 heterocycles. The molecule has 0 bridgehead atoms. The molecule has 0 radical (unpaired) electrons. The molecule has 0 spiro atoms. The average molecular weight is 199 g/mol. The molecule has 0 aromatic heterocycles. The van der Waals surface area contributed by atoms with Gasteiger partial charge in [-0.1, -0.05) is 24.3 Å². The zero-order chi connectivity index (χ0) is 10.1. The van der Waals surface area contributed by atoms with Gasteiger partial charge in [0.2, 0.25) is 0 Å². The summed E-state index contributed by atoms with van der Waals surface area (Å²) in [5.74, 6) is 1.46. The molecule has 1 aromatic carbocycles. The number of aliphatic imine (C=N–C) groups is 1. The third-order valence-electron chi connectivity index (χ3n) is 2.79. The fraction of sp³-hybridized carbons (Fsp3) is 0.250. The minimum absolute atomic E-state index is 0.381. The molecule has 0 saturated heterocycles. The van der Waals surface area contributed by atoms with E-state index in [1.165, 1.54) is 0 Å². The van der Waals surface area contributed by atoms with E-state index >= 15 is 0 Å². The van der Waals surface area contributed by atoms with Crippen LogP contribution in [-0.4, -0.2) is 18.9 Å². The number of nitrogens with zero attached hydrogens (tertiary/aromatic N) is 1. The number of hydrogen-bond acceptors (Lipinski definition) is 3. The summed E-state index contributed by atoms with van der Waals surface area (Å²) in [6, 6.07) is 8.24. The molecule has 0 amide bonds. The van der Waals surface area contributed by atoms with Gasteiger partial charge in [0.05, 0.1) is 23.8 Å². The Morgan fingerprint density at radius 1 is 1.20 bits per heavy atom. The molecular weight excluding hydrogens is 186 g/mol. The summed E-state index contributed by atoms with van der Waals surface area (Å²) >= 11 is 0. The maximum Gasteiger partial charge on any atom is 0.110 e. The molecule has 2 aliphatic heterocycles. The van der Waals surface area contributed by atoms with Crippen LogP contribution in [0.2, 0.25) is 0 Å². The molecule has 3 heteroatoms. The molecule has 1 aromatic rings. The van der Waals surface area contributed by atoms with Crippen molar-refractivity contribution >= 4 is 17.2 Å². The van der Waals surface area contributed by atoms with E-state index in [-0.39, 0.29) is 0 Å². The van der Waals surface area contributed by atoms with Crippen molar-refractivity contribution in [3.63, 3.8) is 0 Å². The summed E-state index contributed by atoms with van der Waals surface area (Å²) in [4.78, 5) is 4.49. The molecule has 1 unspecified atom stereocenters. The minimum Gasteiger partial charge on any atom is -0.382 e. The van der Waals surface area contributed by atoms with Crippen LogP contribution in [0, 0.1) is 5.92 Å². The van der Waals surface area contributed by atoms with Gasteiger partial charge in [0.15, 0.2) is 0 Å². The molecule has 3 rings (SSSR count). The average Bonchev–Trinajstić information content (AvgIpc) is 2.48. The number of nitrogens with one attached hydrogen (secondary N) is 2. The minimum atomic E-state index is 0.381. The van der Waals surface area contributed by atoms with Gasteiger partial charge < -0.3 is 10.6 Å². The largest absolute Gasteiger partial charge is 0.382 e. The van der Waals surface area contributed by atoms with Crippen LogP contribution in [0.1, 0.15) is 0 Å². The molecule has 15 heavy (non-hydrogen) atoms. The Labute approximate surface area is 88.9 Å². The quantitative estimate of drug-likeness (QED) is 0.628. The molecule has 2 N–H and O–H groups in total. The van der Waals surface area contributed by atoms with Crippen molar-refractivity contribution in [3.8, 4) is 0 Å². The molecule has 0 fully saturated rings. The molecule has 0 aliphatic carbocycles. The Kier molecular flexibility index (Phi) is 1.95. The van der Waals surface area contributed by atoms with Crippen molar-refractivity contribution in [1.29, 1.82) is 0 Å². The van der Waals surface area contributed by atoms with E-state index in [4.69, 9.17) is 0 Å². The van der Waals surface area contributed by atoms with Crippen LogP contribution in [-0.2, 0) is 0 Å². The monoisotopic (exact) mass is 199 g/mol. The number of rotatable bonds is 0. The summed E-state index contributed by atoms with van der Waals surface area (Å²) in [7, 11) is 0. The summed E-state index contributed by atoms with van der Waals surface area (Å²) < 4.78 is 0. The number of amidine groups is 1. The Morgan fingerprint density at radius 3 is 3.00 bits per heavy atom. The van der Waals surface area contributed by atoms with Crippen molar-refractivity contribution in [2.45, 2.75) is 0 Å². The SMILES string of the molecule is C1=CC2CNc3ccccc3NC2=NC1. The van der Waals surface area contributed by atoms with Crippen molar-refractivity contribution in [1.82, 2.24) is 0 Å². The lowest BCUT2D eigenvalue weighted by Crippen LogP contribution is -2.26. The van der Waals surface area contributed by atoms with Crippen molar-refractivity contribution in [3.05, 3.63) is 36.4 Å². The Morgan fingerprint density at radius 2 is 2.07 bits per heavy atom. The normalized spacial score (nSPS) is 22.7. The van der Waals surface area contributed by atoms with E-state index in [0.29, 0.717) is 5.92 Å². The van der Waals surface area contributed by atoms with Crippen LogP contribution in [0.25, 0.3) is 0 Å². The summed E-state index contributed by atoms with van der Waals surface area (Å²) in [5.41, 5.74) is 2.28. The third-order valence-corrected chi connectivity index (χ3v) is 2.79. The second kappa shape index (κ2) is 3.42. The number of hydrogen-bond donors (Lipinski definition) is 2. The molecule has 3 nitrogen and oxygen atoms in total. The number of benzene rings is 1. The maximum absolute atomic E-state index is 4.49. The highest BCUT2D eigenvalue weighted by Crippen LogP contribution is 2.26. The summed E-state index contributed by atoms with van der Waals surface area (Å²) in [6.45, 7) is 1.71. The van der Waals surface area contributed by atoms with Crippen LogP contribution in [0.5, 0.6) is 0 Å². The highest BCUT2D eigenvalue weighted by Gasteiger charge is 2.20. The van der Waals surface area contributed by atoms with E-state index in [0.717, 1.165) is 30.3 Å². The molecular formula is C12H13N3. The topological polar surface area (TPSA) is 36.4 Å². The Hall–Kier alpha value is -1.77. The van der Waals surface area contributed by atoms with Gasteiger partial charge in [-0.3, -0.25) is 4.99 Å². The molecule has 0 saturated carbocycles. The fourth-order valence-electron chi connectivity index (χ4n) is 1.99. The zero-order valence-corrected chi connectivity index (χ0v) is 8.40. The Bertz CT molecular complexity index is 434. The second-order valence-electron chi connectivity index (χ2n) is 3.81. The Balaban J connectivity index is 1.99. The number of para-hydroxylation sites is 2. The highest BCUT2D eigenvalue weighted by molar-refractivity contribution is 6.02. The van der Waals surface area contributed by atoms with Crippen LogP contribution in [0.4, 0.5) is 11.4 Å². The predicted octanol–water partition coefficient (Wildman–Crippen LogP) is 2.11. The lowest BCUT2D eigenvalue weighted by Gasteiger charge is -2.16. The van der Waals surface area contributed by atoms with E-state index < -0.39 is 0 Å². The van der Waals surface area contributed by atoms with Crippen molar-refractivity contribution < 1.29 is 0 Å². The maximum atomic E-state index is 4.49. The highest BCUT2D eigenvalue weighted by atomic mass is 15.1. The zero-order valence-electron chi connectivity index (χ0n) is 8.40.